The lowest BCUT2D eigenvalue weighted by atomic mass is 9.41. The topological polar surface area (TPSA) is 26.3 Å². The predicted octanol–water partition coefficient (Wildman–Crippen LogP) is 9.77. The quantitative estimate of drug-likeness (QED) is 0.252. The summed E-state index contributed by atoms with van der Waals surface area (Å²) in [7, 11) is 0. The van der Waals surface area contributed by atoms with Gasteiger partial charge in [0.2, 0.25) is 0 Å². The largest absolute Gasteiger partial charge is 0.462 e. The average Bonchev–Trinajstić information content (AvgIpc) is 3.41. The third-order valence-electron chi connectivity index (χ3n) is 14.7. The third-order valence-corrected chi connectivity index (χ3v) is 14.7. The lowest BCUT2D eigenvalue weighted by molar-refractivity contribution is -0.181. The Balaban J connectivity index is 1.35. The first kappa shape index (κ1) is 27.8. The van der Waals surface area contributed by atoms with Gasteiger partial charge in [-0.3, -0.25) is 4.79 Å². The molecule has 5 rings (SSSR count). The third kappa shape index (κ3) is 3.65. The van der Waals surface area contributed by atoms with Gasteiger partial charge in [-0.1, -0.05) is 67.5 Å². The Morgan fingerprint density at radius 2 is 1.59 bits per heavy atom. The molecule has 210 valence electrons. The number of carbonyl (C=O) groups excluding carboxylic acids is 1. The zero-order valence-electron chi connectivity index (χ0n) is 25.9. The standard InChI is InChI=1S/C35H58O2/c1-11-24(3)30(5,6)17-14-23(2)26-15-18-33(10)28-13-12-27-31(7,8)29(37-25(4)36)16-19-34(27)22-35(28,34)21-20-32(26,33)9/h23,26-29H,3,11-22H2,1-2,4-10H3/t23-,26-,27+,28+,29+,32-,33+,34-,35+/m1/s1. The first-order valence-corrected chi connectivity index (χ1v) is 16.0. The van der Waals surface area contributed by atoms with Gasteiger partial charge in [0.25, 0.3) is 0 Å². The predicted molar refractivity (Wildman–Crippen MR) is 154 cm³/mol. The second-order valence-electron chi connectivity index (χ2n) is 16.5. The minimum absolute atomic E-state index is 0.0947. The zero-order chi connectivity index (χ0) is 27.2. The molecule has 0 amide bonds. The van der Waals surface area contributed by atoms with Crippen LogP contribution in [0.2, 0.25) is 0 Å². The minimum Gasteiger partial charge on any atom is -0.462 e. The maximum atomic E-state index is 11.9. The summed E-state index contributed by atoms with van der Waals surface area (Å²) in [6.45, 7) is 26.0. The summed E-state index contributed by atoms with van der Waals surface area (Å²) in [5, 5.41) is 0. The van der Waals surface area contributed by atoms with E-state index < -0.39 is 0 Å². The van der Waals surface area contributed by atoms with Crippen LogP contribution in [0.1, 0.15) is 139 Å². The molecule has 0 radical (unpaired) electrons. The molecule has 2 heteroatoms. The van der Waals surface area contributed by atoms with Crippen LogP contribution < -0.4 is 0 Å². The van der Waals surface area contributed by atoms with Crippen LogP contribution in [-0.4, -0.2) is 12.1 Å². The van der Waals surface area contributed by atoms with E-state index in [4.69, 9.17) is 4.74 Å². The van der Waals surface area contributed by atoms with Crippen molar-refractivity contribution in [1.82, 2.24) is 0 Å². The number of carbonyl (C=O) groups is 1. The summed E-state index contributed by atoms with van der Waals surface area (Å²) >= 11 is 0. The first-order valence-electron chi connectivity index (χ1n) is 16.0. The molecule has 0 unspecified atom stereocenters. The van der Waals surface area contributed by atoms with Crippen molar-refractivity contribution in [3.63, 3.8) is 0 Å². The summed E-state index contributed by atoms with van der Waals surface area (Å²) in [5.41, 5.74) is 3.84. The molecule has 5 aliphatic carbocycles. The molecule has 0 aromatic carbocycles. The van der Waals surface area contributed by atoms with Crippen LogP contribution in [0.5, 0.6) is 0 Å². The van der Waals surface area contributed by atoms with Crippen LogP contribution in [0.25, 0.3) is 0 Å². The average molecular weight is 511 g/mol. The summed E-state index contributed by atoms with van der Waals surface area (Å²) in [6.07, 6.45) is 16.2. The van der Waals surface area contributed by atoms with Crippen LogP contribution in [0, 0.1) is 56.2 Å². The van der Waals surface area contributed by atoms with Crippen molar-refractivity contribution in [1.29, 1.82) is 0 Å². The maximum Gasteiger partial charge on any atom is 0.302 e. The Hall–Kier alpha value is -0.790. The highest BCUT2D eigenvalue weighted by Crippen LogP contribution is 2.89. The molecule has 0 aliphatic heterocycles. The Morgan fingerprint density at radius 1 is 0.946 bits per heavy atom. The molecule has 0 aromatic rings. The Bertz CT molecular complexity index is 945. The minimum atomic E-state index is -0.0947. The van der Waals surface area contributed by atoms with Crippen LogP contribution in [-0.2, 0) is 9.53 Å². The number of rotatable bonds is 7. The number of allylic oxidation sites excluding steroid dienone is 1. The van der Waals surface area contributed by atoms with Gasteiger partial charge in [0.15, 0.2) is 0 Å². The van der Waals surface area contributed by atoms with Gasteiger partial charge in [-0.2, -0.15) is 0 Å². The second kappa shape index (κ2) is 8.60. The van der Waals surface area contributed by atoms with Crippen LogP contribution >= 0.6 is 0 Å². The Labute approximate surface area is 229 Å². The SMILES string of the molecule is C=C(CC)C(C)(C)CC[C@@H](C)[C@H]1CC[C@@]2(C)[C@@H]3CC[C@H]4C(C)(C)[C@@H](OC(C)=O)CC[C@@]45C[C@@]35CC[C@]12C. The maximum absolute atomic E-state index is 11.9. The van der Waals surface area contributed by atoms with Crippen molar-refractivity contribution < 1.29 is 9.53 Å². The molecule has 2 nitrogen and oxygen atoms in total. The van der Waals surface area contributed by atoms with Gasteiger partial charge in [0.1, 0.15) is 6.10 Å². The fourth-order valence-corrected chi connectivity index (χ4v) is 12.1. The molecule has 5 fully saturated rings. The smallest absolute Gasteiger partial charge is 0.302 e. The highest BCUT2D eigenvalue weighted by Gasteiger charge is 2.82. The molecule has 37 heavy (non-hydrogen) atoms. The number of hydrogen-bond acceptors (Lipinski definition) is 2. The number of ether oxygens (including phenoxy) is 1. The van der Waals surface area contributed by atoms with Crippen molar-refractivity contribution in [2.45, 2.75) is 145 Å². The summed E-state index contributed by atoms with van der Waals surface area (Å²) < 4.78 is 5.92. The number of fused-ring (bicyclic) bond motifs is 2. The van der Waals surface area contributed by atoms with E-state index in [0.717, 1.165) is 30.6 Å². The monoisotopic (exact) mass is 510 g/mol. The molecular weight excluding hydrogens is 452 g/mol. The van der Waals surface area contributed by atoms with E-state index in [-0.39, 0.29) is 22.9 Å². The molecule has 5 saturated carbocycles. The second-order valence-corrected chi connectivity index (χ2v) is 16.5. The van der Waals surface area contributed by atoms with Gasteiger partial charge in [0.05, 0.1) is 0 Å². The Kier molecular flexibility index (Phi) is 6.46. The van der Waals surface area contributed by atoms with E-state index in [2.05, 4.69) is 62.0 Å². The van der Waals surface area contributed by atoms with Gasteiger partial charge in [-0.05, 0) is 128 Å². The Morgan fingerprint density at radius 3 is 2.24 bits per heavy atom. The van der Waals surface area contributed by atoms with E-state index in [9.17, 15) is 4.79 Å². The van der Waals surface area contributed by atoms with Crippen LogP contribution in [0.3, 0.4) is 0 Å². The van der Waals surface area contributed by atoms with Crippen molar-refractivity contribution >= 4 is 5.97 Å². The zero-order valence-corrected chi connectivity index (χ0v) is 25.9. The van der Waals surface area contributed by atoms with E-state index in [0.29, 0.717) is 27.6 Å². The summed E-state index contributed by atoms with van der Waals surface area (Å²) in [6, 6.07) is 0. The van der Waals surface area contributed by atoms with E-state index in [1.54, 1.807) is 6.92 Å². The van der Waals surface area contributed by atoms with Crippen molar-refractivity contribution in [3.05, 3.63) is 12.2 Å². The van der Waals surface area contributed by atoms with Crippen molar-refractivity contribution in [2.24, 2.45) is 56.2 Å². The first-order chi connectivity index (χ1) is 17.1. The molecule has 0 aromatic heterocycles. The molecule has 0 heterocycles. The fourth-order valence-electron chi connectivity index (χ4n) is 12.1. The highest BCUT2D eigenvalue weighted by molar-refractivity contribution is 5.66. The van der Waals surface area contributed by atoms with E-state index in [1.165, 1.54) is 69.8 Å². The highest BCUT2D eigenvalue weighted by atomic mass is 16.5. The van der Waals surface area contributed by atoms with Gasteiger partial charge in [-0.15, -0.1) is 0 Å². The number of hydrogen-bond donors (Lipinski definition) is 0. The molecule has 5 aliphatic rings. The summed E-state index contributed by atoms with van der Waals surface area (Å²) in [4.78, 5) is 11.9. The molecule has 2 spiro atoms. The number of esters is 1. The lowest BCUT2D eigenvalue weighted by Crippen LogP contribution is -2.58. The van der Waals surface area contributed by atoms with Crippen molar-refractivity contribution in [3.8, 4) is 0 Å². The van der Waals surface area contributed by atoms with Crippen molar-refractivity contribution in [2.75, 3.05) is 0 Å². The molecule has 0 bridgehead atoms. The van der Waals surface area contributed by atoms with Gasteiger partial charge in [-0.25, -0.2) is 0 Å². The van der Waals surface area contributed by atoms with Crippen LogP contribution in [0.4, 0.5) is 0 Å². The molecule has 0 N–H and O–H groups in total. The molecular formula is C35H58O2. The normalized spacial score (nSPS) is 46.6. The van der Waals surface area contributed by atoms with Gasteiger partial charge in [0, 0.05) is 12.3 Å². The summed E-state index contributed by atoms with van der Waals surface area (Å²) in [5.74, 6) is 3.18. The van der Waals surface area contributed by atoms with Crippen LogP contribution in [0.15, 0.2) is 12.2 Å². The lowest BCUT2D eigenvalue weighted by Gasteiger charge is -2.63. The van der Waals surface area contributed by atoms with Gasteiger partial charge >= 0.3 is 5.97 Å². The molecule has 9 atom stereocenters. The van der Waals surface area contributed by atoms with E-state index in [1.807, 2.05) is 0 Å². The van der Waals surface area contributed by atoms with E-state index >= 15 is 0 Å². The fraction of sp³-hybridized carbons (Fsp3) is 0.914. The van der Waals surface area contributed by atoms with Gasteiger partial charge < -0.3 is 4.74 Å². The molecule has 0 saturated heterocycles.